The van der Waals surface area contributed by atoms with Crippen molar-refractivity contribution >= 4 is 0 Å². The number of benzene rings is 1. The summed E-state index contributed by atoms with van der Waals surface area (Å²) in [5.74, 6) is 1.66. The highest BCUT2D eigenvalue weighted by atomic mass is 19.4. The number of likely N-dealkylation sites (tertiary alicyclic amines) is 1. The molecule has 0 bridgehead atoms. The Balaban J connectivity index is 1.39. The standard InChI is InChI=1S/C18H24F3N2O2/c1-17(2,24)11-23-9-15-14(16(15)10-23)8-22-7-12-4-3-5-13(6-12)25-18(19,20)21/h3-6,14-16,24H,7-11H2,1-2H3/q-1. The Kier molecular flexibility index (Phi) is 5.01. The summed E-state index contributed by atoms with van der Waals surface area (Å²) in [6.45, 7) is 7.48. The summed E-state index contributed by atoms with van der Waals surface area (Å²) >= 11 is 0. The van der Waals surface area contributed by atoms with E-state index >= 15 is 0 Å². The normalized spacial score (nSPS) is 26.6. The smallest absolute Gasteiger partial charge is 0.573 e. The molecule has 1 saturated heterocycles. The molecule has 0 spiro atoms. The van der Waals surface area contributed by atoms with Crippen molar-refractivity contribution in [2.24, 2.45) is 17.8 Å². The van der Waals surface area contributed by atoms with E-state index < -0.39 is 12.0 Å². The lowest BCUT2D eigenvalue weighted by molar-refractivity contribution is -0.274. The minimum absolute atomic E-state index is 0.203. The minimum Gasteiger partial charge on any atom is -0.658 e. The van der Waals surface area contributed by atoms with E-state index in [4.69, 9.17) is 0 Å². The van der Waals surface area contributed by atoms with Gasteiger partial charge in [0, 0.05) is 19.6 Å². The van der Waals surface area contributed by atoms with Crippen LogP contribution in [0.15, 0.2) is 24.3 Å². The lowest BCUT2D eigenvalue weighted by Crippen LogP contribution is -2.38. The quantitative estimate of drug-likeness (QED) is 0.814. The maximum atomic E-state index is 12.2. The van der Waals surface area contributed by atoms with Crippen LogP contribution in [0.2, 0.25) is 0 Å². The molecule has 2 atom stereocenters. The van der Waals surface area contributed by atoms with Gasteiger partial charge in [-0.3, -0.25) is 4.90 Å². The third-order valence-electron chi connectivity index (χ3n) is 4.82. The van der Waals surface area contributed by atoms with Gasteiger partial charge in [0.2, 0.25) is 0 Å². The van der Waals surface area contributed by atoms with Crippen LogP contribution in [0.1, 0.15) is 19.4 Å². The number of hydrogen-bond acceptors (Lipinski definition) is 3. The van der Waals surface area contributed by atoms with E-state index in [1.807, 2.05) is 13.8 Å². The Morgan fingerprint density at radius 3 is 2.52 bits per heavy atom. The molecule has 4 nitrogen and oxygen atoms in total. The molecule has 3 rings (SSSR count). The monoisotopic (exact) mass is 357 g/mol. The van der Waals surface area contributed by atoms with Gasteiger partial charge < -0.3 is 15.2 Å². The van der Waals surface area contributed by atoms with Crippen LogP contribution in [-0.4, -0.2) is 48.1 Å². The number of rotatable bonds is 7. The van der Waals surface area contributed by atoms with Crippen LogP contribution in [0.4, 0.5) is 13.2 Å². The van der Waals surface area contributed by atoms with E-state index in [0.717, 1.165) is 25.2 Å². The molecule has 7 heteroatoms. The summed E-state index contributed by atoms with van der Waals surface area (Å²) in [5.41, 5.74) is 0.0522. The first-order valence-electron chi connectivity index (χ1n) is 8.53. The van der Waals surface area contributed by atoms with Crippen LogP contribution in [0, 0.1) is 17.8 Å². The lowest BCUT2D eigenvalue weighted by Gasteiger charge is -2.28. The van der Waals surface area contributed by atoms with E-state index in [2.05, 4.69) is 15.0 Å². The van der Waals surface area contributed by atoms with Crippen molar-refractivity contribution in [3.8, 4) is 5.75 Å². The second kappa shape index (κ2) is 6.78. The van der Waals surface area contributed by atoms with Gasteiger partial charge in [0.25, 0.3) is 0 Å². The Labute approximate surface area is 146 Å². The van der Waals surface area contributed by atoms with Gasteiger partial charge in [-0.25, -0.2) is 0 Å². The fourth-order valence-corrected chi connectivity index (χ4v) is 3.87. The first-order chi connectivity index (χ1) is 11.6. The highest BCUT2D eigenvalue weighted by molar-refractivity contribution is 5.30. The Morgan fingerprint density at radius 2 is 1.92 bits per heavy atom. The molecular formula is C18H24F3N2O2-. The number of halogens is 3. The largest absolute Gasteiger partial charge is 0.658 e. The lowest BCUT2D eigenvalue weighted by atomic mass is 10.1. The van der Waals surface area contributed by atoms with Gasteiger partial charge in [0.15, 0.2) is 0 Å². The third-order valence-corrected chi connectivity index (χ3v) is 4.82. The van der Waals surface area contributed by atoms with Gasteiger partial charge in [-0.1, -0.05) is 23.6 Å². The van der Waals surface area contributed by atoms with Gasteiger partial charge in [0.1, 0.15) is 5.75 Å². The molecule has 2 unspecified atom stereocenters. The number of hydrogen-bond donors (Lipinski definition) is 1. The summed E-state index contributed by atoms with van der Waals surface area (Å²) < 4.78 is 40.6. The number of fused-ring (bicyclic) bond motifs is 1. The van der Waals surface area contributed by atoms with Crippen LogP contribution in [-0.2, 0) is 6.54 Å². The predicted molar refractivity (Wildman–Crippen MR) is 88.3 cm³/mol. The molecule has 1 heterocycles. The number of ether oxygens (including phenoxy) is 1. The molecule has 2 aliphatic rings. The molecule has 0 aromatic heterocycles. The molecule has 1 saturated carbocycles. The van der Waals surface area contributed by atoms with Crippen molar-refractivity contribution < 1.29 is 23.0 Å². The highest BCUT2D eigenvalue weighted by Gasteiger charge is 2.53. The average Bonchev–Trinajstić information content (AvgIpc) is 2.89. The molecule has 25 heavy (non-hydrogen) atoms. The van der Waals surface area contributed by atoms with Crippen LogP contribution in [0.3, 0.4) is 0 Å². The molecule has 140 valence electrons. The number of nitrogens with zero attached hydrogens (tertiary/aromatic N) is 2. The second-order valence-corrected chi connectivity index (χ2v) is 7.76. The molecule has 1 aromatic rings. The number of aliphatic hydroxyl groups is 1. The summed E-state index contributed by atoms with van der Waals surface area (Å²) in [6, 6.07) is 5.98. The van der Waals surface area contributed by atoms with E-state index in [9.17, 15) is 18.3 Å². The number of piperidine rings is 1. The summed E-state index contributed by atoms with van der Waals surface area (Å²) in [5, 5.41) is 14.4. The fraction of sp³-hybridized carbons (Fsp3) is 0.667. The van der Waals surface area contributed by atoms with Crippen molar-refractivity contribution in [2.75, 3.05) is 26.2 Å². The molecular weight excluding hydrogens is 333 g/mol. The Bertz CT molecular complexity index is 589. The highest BCUT2D eigenvalue weighted by Crippen LogP contribution is 2.52. The van der Waals surface area contributed by atoms with Gasteiger partial charge in [0.05, 0.1) is 5.60 Å². The van der Waals surface area contributed by atoms with Gasteiger partial charge in [-0.05, 0) is 37.8 Å². The van der Waals surface area contributed by atoms with Crippen LogP contribution < -0.4 is 4.74 Å². The molecule has 0 radical (unpaired) electrons. The first kappa shape index (κ1) is 18.5. The van der Waals surface area contributed by atoms with Crippen molar-refractivity contribution in [3.63, 3.8) is 0 Å². The van der Waals surface area contributed by atoms with Crippen molar-refractivity contribution in [2.45, 2.75) is 32.4 Å². The number of alkyl halides is 3. The predicted octanol–water partition coefficient (Wildman–Crippen LogP) is 3.41. The van der Waals surface area contributed by atoms with Gasteiger partial charge >= 0.3 is 6.36 Å². The van der Waals surface area contributed by atoms with E-state index in [-0.39, 0.29) is 5.75 Å². The van der Waals surface area contributed by atoms with Crippen LogP contribution in [0.5, 0.6) is 5.75 Å². The molecule has 0 amide bonds. The second-order valence-electron chi connectivity index (χ2n) is 7.76. The molecule has 1 aliphatic carbocycles. The molecule has 1 aliphatic heterocycles. The maximum Gasteiger partial charge on any atom is 0.573 e. The fourth-order valence-electron chi connectivity index (χ4n) is 3.87. The summed E-state index contributed by atoms with van der Waals surface area (Å²) in [4.78, 5) is 2.30. The van der Waals surface area contributed by atoms with Gasteiger partial charge in [-0.15, -0.1) is 26.3 Å². The van der Waals surface area contributed by atoms with E-state index in [1.54, 1.807) is 12.1 Å². The zero-order chi connectivity index (χ0) is 18.2. The maximum absolute atomic E-state index is 12.2. The Hall–Kier alpha value is -1.31. The number of β-amino-alcohol motifs (C(OH)–C–C–N with tert-alkyl or cyclic N) is 1. The van der Waals surface area contributed by atoms with Crippen LogP contribution >= 0.6 is 0 Å². The van der Waals surface area contributed by atoms with E-state index in [1.165, 1.54) is 12.1 Å². The van der Waals surface area contributed by atoms with Crippen molar-refractivity contribution in [3.05, 3.63) is 35.1 Å². The first-order valence-corrected chi connectivity index (χ1v) is 8.53. The molecule has 1 N–H and O–H groups in total. The van der Waals surface area contributed by atoms with E-state index in [0.29, 0.717) is 30.8 Å². The summed E-state index contributed by atoms with van der Waals surface area (Å²) in [7, 11) is 0. The molecule has 1 aromatic carbocycles. The summed E-state index contributed by atoms with van der Waals surface area (Å²) in [6.07, 6.45) is -4.67. The molecule has 2 fully saturated rings. The third kappa shape index (κ3) is 5.33. The van der Waals surface area contributed by atoms with Gasteiger partial charge in [-0.2, -0.15) is 0 Å². The zero-order valence-corrected chi connectivity index (χ0v) is 14.5. The SMILES string of the molecule is CC(C)(O)CN1CC2C(C[N-]Cc3cccc(OC(F)(F)F)c3)C2C1. The van der Waals surface area contributed by atoms with Crippen molar-refractivity contribution in [1.82, 2.24) is 4.90 Å². The average molecular weight is 357 g/mol. The zero-order valence-electron chi connectivity index (χ0n) is 14.5. The van der Waals surface area contributed by atoms with Crippen molar-refractivity contribution in [1.29, 1.82) is 0 Å². The Morgan fingerprint density at radius 1 is 1.24 bits per heavy atom. The topological polar surface area (TPSA) is 46.8 Å². The minimum atomic E-state index is -4.67. The van der Waals surface area contributed by atoms with Crippen LogP contribution in [0.25, 0.3) is 5.32 Å².